The molecule has 0 radical (unpaired) electrons. The fraction of sp³-hybridized carbons (Fsp3) is 0.0943. The smallest absolute Gasteiger partial charge is 0.149 e. The number of hydrogen-bond acceptors (Lipinski definition) is 3. The molecule has 0 saturated heterocycles. The van der Waals surface area contributed by atoms with Crippen LogP contribution in [-0.4, -0.2) is 19.6 Å². The maximum absolute atomic E-state index is 11.8. The molecule has 9 aromatic rings. The zero-order valence-corrected chi connectivity index (χ0v) is 32.2. The van der Waals surface area contributed by atoms with Gasteiger partial charge in [-0.25, -0.2) is 4.98 Å². The van der Waals surface area contributed by atoms with Gasteiger partial charge in [0.1, 0.15) is 11.6 Å². The van der Waals surface area contributed by atoms with Crippen LogP contribution in [0.1, 0.15) is 43.3 Å². The highest BCUT2D eigenvalue weighted by Crippen LogP contribution is 2.43. The molecule has 0 saturated carbocycles. The molecule has 0 spiro atoms. The van der Waals surface area contributed by atoms with Crippen LogP contribution in [0.25, 0.3) is 83.9 Å². The number of aromatic hydroxyl groups is 1. The van der Waals surface area contributed by atoms with Crippen LogP contribution < -0.4 is 0 Å². The molecule has 0 unspecified atom stereocenters. The number of nitrogens with zero attached hydrogens (tertiary/aromatic N) is 3. The summed E-state index contributed by atoms with van der Waals surface area (Å²) in [7, 11) is 0. The zero-order chi connectivity index (χ0) is 43.4. The molecule has 4 nitrogen and oxygen atoms in total. The van der Waals surface area contributed by atoms with E-state index in [4.69, 9.17) is 16.8 Å². The lowest BCUT2D eigenvalue weighted by Gasteiger charge is -2.18. The Hall–Kier alpha value is -7.04. The van der Waals surface area contributed by atoms with E-state index in [1.165, 1.54) is 0 Å². The van der Waals surface area contributed by atoms with Gasteiger partial charge in [0.15, 0.2) is 0 Å². The number of rotatable bonds is 8. The van der Waals surface area contributed by atoms with Gasteiger partial charge in [0.05, 0.1) is 34.8 Å². The molecule has 2 heterocycles. The third kappa shape index (κ3) is 6.81. The van der Waals surface area contributed by atoms with E-state index in [1.54, 1.807) is 18.3 Å². The van der Waals surface area contributed by atoms with E-state index < -0.39 is 6.04 Å². The minimum Gasteiger partial charge on any atom is -0.507 e. The molecule has 9 rings (SSSR count). The summed E-state index contributed by atoms with van der Waals surface area (Å²) in [6.07, 6.45) is 1.62. The molecule has 0 bridgehead atoms. The van der Waals surface area contributed by atoms with Gasteiger partial charge in [-0.2, -0.15) is 0 Å². The van der Waals surface area contributed by atoms with Gasteiger partial charge >= 0.3 is 0 Å². The Morgan fingerprint density at radius 2 is 1.30 bits per heavy atom. The number of benzene rings is 7. The number of phenols is 1. The lowest BCUT2D eigenvalue weighted by Crippen LogP contribution is -2.01. The van der Waals surface area contributed by atoms with Crippen LogP contribution in [0, 0.1) is 13.8 Å². The third-order valence-electron chi connectivity index (χ3n) is 10.6. The predicted octanol–water partition coefficient (Wildman–Crippen LogP) is 13.9. The Bertz CT molecular complexity index is 3170. The van der Waals surface area contributed by atoms with Crippen LogP contribution in [0.3, 0.4) is 0 Å². The van der Waals surface area contributed by atoms with Crippen molar-refractivity contribution in [1.82, 2.24) is 14.5 Å². The Balaban J connectivity index is 1.29. The summed E-state index contributed by atoms with van der Waals surface area (Å²) in [6.45, 7) is 8.21. The fourth-order valence-corrected chi connectivity index (χ4v) is 7.70. The highest BCUT2D eigenvalue weighted by Gasteiger charge is 2.24. The standard InChI is InChI=1S/C53H43N3O/c1-34(2)42-29-43(31-44(30-42)48-33-41(25-26-54-48)38-17-10-6-11-18-38)45-21-14-22-50-51(45)55-53(47-28-35(3)27-36(4)52(47)57)56(50)49-24-23-40(37-15-8-5-9-16-37)32-46(49)39-19-12-7-13-20-39/h5-34,57H,1-4H3/i6D,10D,11D,17D,18D. The monoisotopic (exact) mass is 742 g/mol. The number of imidazole rings is 1. The van der Waals surface area contributed by atoms with Gasteiger partial charge in [0.25, 0.3) is 0 Å². The molecule has 57 heavy (non-hydrogen) atoms. The molecule has 0 aliphatic heterocycles. The molecule has 0 atom stereocenters. The summed E-state index contributed by atoms with van der Waals surface area (Å²) >= 11 is 0. The highest BCUT2D eigenvalue weighted by atomic mass is 16.3. The molecule has 4 heteroatoms. The highest BCUT2D eigenvalue weighted by molar-refractivity contribution is 5.98. The minimum absolute atomic E-state index is 0.129. The number of fused-ring (bicyclic) bond motifs is 1. The van der Waals surface area contributed by atoms with Gasteiger partial charge in [-0.15, -0.1) is 0 Å². The van der Waals surface area contributed by atoms with Gasteiger partial charge in [-0.05, 0) is 118 Å². The summed E-state index contributed by atoms with van der Waals surface area (Å²) < 4.78 is 44.1. The predicted molar refractivity (Wildman–Crippen MR) is 237 cm³/mol. The van der Waals surface area contributed by atoms with Gasteiger partial charge in [-0.1, -0.05) is 135 Å². The van der Waals surface area contributed by atoms with Crippen LogP contribution in [-0.2, 0) is 0 Å². The molecule has 276 valence electrons. The van der Waals surface area contributed by atoms with E-state index in [0.717, 1.165) is 72.4 Å². The zero-order valence-electron chi connectivity index (χ0n) is 37.2. The SMILES string of the molecule is [2H]c1c([2H])c([2H])c(-c2ccnc(-c3cc(-c4cccc5c4nc(-c4cc(C)cc(C)c4O)n5-c4ccc(-c5ccccc5)cc4-c4ccccc4)cc(C(C)C)c3)c2)c([2H])c1[2H]. The molecule has 1 N–H and O–H groups in total. The molecular weight excluding hydrogens is 695 g/mol. The molecule has 2 aromatic heterocycles. The van der Waals surface area contributed by atoms with Crippen molar-refractivity contribution >= 4 is 11.0 Å². The first-order valence-electron chi connectivity index (χ1n) is 21.7. The third-order valence-corrected chi connectivity index (χ3v) is 10.6. The lowest BCUT2D eigenvalue weighted by atomic mass is 9.92. The number of pyridine rings is 1. The number of aryl methyl sites for hydroxylation is 2. The van der Waals surface area contributed by atoms with Crippen molar-refractivity contribution in [3.63, 3.8) is 0 Å². The van der Waals surface area contributed by atoms with Gasteiger partial charge < -0.3 is 5.11 Å². The van der Waals surface area contributed by atoms with Crippen molar-refractivity contribution in [2.45, 2.75) is 33.6 Å². The Morgan fingerprint density at radius 1 is 0.579 bits per heavy atom. The van der Waals surface area contributed by atoms with Crippen molar-refractivity contribution < 1.29 is 12.0 Å². The molecular formula is C53H43N3O. The number of phenolic OH excluding ortho intramolecular Hbond substituents is 1. The van der Waals surface area contributed by atoms with E-state index in [9.17, 15) is 5.11 Å². The second kappa shape index (κ2) is 14.9. The van der Waals surface area contributed by atoms with Crippen molar-refractivity contribution in [2.24, 2.45) is 0 Å². The Labute approximate surface area is 341 Å². The van der Waals surface area contributed by atoms with Crippen LogP contribution >= 0.6 is 0 Å². The first-order valence-corrected chi connectivity index (χ1v) is 19.2. The second-order valence-electron chi connectivity index (χ2n) is 14.8. The van der Waals surface area contributed by atoms with Crippen LogP contribution in [0.15, 0.2) is 176 Å². The topological polar surface area (TPSA) is 50.9 Å². The van der Waals surface area contributed by atoms with Gasteiger partial charge in [0, 0.05) is 22.9 Å². The lowest BCUT2D eigenvalue weighted by molar-refractivity contribution is 0.472. The van der Waals surface area contributed by atoms with Crippen molar-refractivity contribution in [3.8, 4) is 78.6 Å². The van der Waals surface area contributed by atoms with Gasteiger partial charge in [0.2, 0.25) is 0 Å². The summed E-state index contributed by atoms with van der Waals surface area (Å²) in [5.74, 6) is 0.925. The van der Waals surface area contributed by atoms with Crippen molar-refractivity contribution in [3.05, 3.63) is 193 Å². The van der Waals surface area contributed by atoms with E-state index >= 15 is 0 Å². The molecule has 0 amide bonds. The van der Waals surface area contributed by atoms with Gasteiger partial charge in [-0.3, -0.25) is 9.55 Å². The number of aromatic nitrogens is 3. The summed E-state index contributed by atoms with van der Waals surface area (Å²) in [5, 5.41) is 11.8. The molecule has 7 aromatic carbocycles. The molecule has 0 fully saturated rings. The normalized spacial score (nSPS) is 12.6. The minimum atomic E-state index is -0.430. The van der Waals surface area contributed by atoms with E-state index in [-0.39, 0.29) is 41.4 Å². The maximum atomic E-state index is 11.8. The van der Waals surface area contributed by atoms with Crippen molar-refractivity contribution in [1.29, 1.82) is 0 Å². The first-order chi connectivity index (χ1) is 29.9. The summed E-state index contributed by atoms with van der Waals surface area (Å²) in [4.78, 5) is 10.2. The van der Waals surface area contributed by atoms with E-state index in [0.29, 0.717) is 22.6 Å². The Kier molecular flexibility index (Phi) is 7.89. The van der Waals surface area contributed by atoms with Crippen LogP contribution in [0.5, 0.6) is 5.75 Å². The number of hydrogen-bond donors (Lipinski definition) is 1. The van der Waals surface area contributed by atoms with E-state index in [2.05, 4.69) is 91.2 Å². The molecule has 0 aliphatic carbocycles. The average Bonchev–Trinajstić information content (AvgIpc) is 3.68. The van der Waals surface area contributed by atoms with Crippen molar-refractivity contribution in [2.75, 3.05) is 0 Å². The second-order valence-corrected chi connectivity index (χ2v) is 14.8. The quantitative estimate of drug-likeness (QED) is 0.169. The summed E-state index contributed by atoms with van der Waals surface area (Å²) in [5.41, 5.74) is 14.0. The first kappa shape index (κ1) is 30.2. The van der Waals surface area contributed by atoms with Crippen LogP contribution in [0.2, 0.25) is 0 Å². The average molecular weight is 743 g/mol. The Morgan fingerprint density at radius 3 is 2.05 bits per heavy atom. The summed E-state index contributed by atoms with van der Waals surface area (Å²) in [6, 6.07) is 45.5. The number of para-hydroxylation sites is 1. The maximum Gasteiger partial charge on any atom is 0.149 e. The van der Waals surface area contributed by atoms with Crippen LogP contribution in [0.4, 0.5) is 0 Å². The fourth-order valence-electron chi connectivity index (χ4n) is 7.70. The largest absolute Gasteiger partial charge is 0.507 e. The molecule has 0 aliphatic rings. The van der Waals surface area contributed by atoms with E-state index in [1.807, 2.05) is 68.4 Å².